The number of carbonyl (C=O) groups is 2. The van der Waals surface area contributed by atoms with E-state index in [1.165, 1.54) is 23.5 Å². The highest BCUT2D eigenvalue weighted by atomic mass is 19.1. The van der Waals surface area contributed by atoms with Gasteiger partial charge < -0.3 is 15.0 Å². The number of likely N-dealkylation sites (N-methyl/N-ethyl adjacent to an activating group) is 1. The minimum Gasteiger partial charge on any atom is -0.356 e. The van der Waals surface area contributed by atoms with Crippen LogP contribution in [0.4, 0.5) is 4.39 Å². The summed E-state index contributed by atoms with van der Waals surface area (Å²) >= 11 is 0. The molecule has 24 heavy (non-hydrogen) atoms. The van der Waals surface area contributed by atoms with E-state index in [1.54, 1.807) is 19.2 Å². The van der Waals surface area contributed by atoms with Crippen molar-refractivity contribution in [2.24, 2.45) is 0 Å². The molecule has 1 saturated carbocycles. The lowest BCUT2D eigenvalue weighted by Gasteiger charge is -2.39. The second kappa shape index (κ2) is 7.30. The molecule has 0 aromatic heterocycles. The Morgan fingerprint density at radius 1 is 1.21 bits per heavy atom. The third-order valence-electron chi connectivity index (χ3n) is 4.91. The summed E-state index contributed by atoms with van der Waals surface area (Å²) in [4.78, 5) is 26.2. The first-order valence-corrected chi connectivity index (χ1v) is 8.49. The summed E-state index contributed by atoms with van der Waals surface area (Å²) in [5.74, 6) is -0.741. The van der Waals surface area contributed by atoms with Gasteiger partial charge in [-0.1, -0.05) is 31.4 Å². The Labute approximate surface area is 141 Å². The number of halogens is 1. The summed E-state index contributed by atoms with van der Waals surface area (Å²) in [7, 11) is 1.65. The lowest BCUT2D eigenvalue weighted by molar-refractivity contribution is -0.162. The fraction of sp³-hybridized carbons (Fsp3) is 0.556. The van der Waals surface area contributed by atoms with Crippen LogP contribution in [0.2, 0.25) is 0 Å². The van der Waals surface area contributed by atoms with E-state index in [0.29, 0.717) is 5.56 Å². The molecule has 0 radical (unpaired) electrons. The van der Waals surface area contributed by atoms with Crippen molar-refractivity contribution in [3.63, 3.8) is 0 Å². The van der Waals surface area contributed by atoms with E-state index in [0.717, 1.165) is 25.7 Å². The Bertz CT molecular complexity index is 599. The van der Waals surface area contributed by atoms with Gasteiger partial charge in [-0.15, -0.1) is 0 Å². The van der Waals surface area contributed by atoms with Gasteiger partial charge in [0.25, 0.3) is 5.91 Å². The summed E-state index contributed by atoms with van der Waals surface area (Å²) in [6.07, 6.45) is 4.64. The lowest BCUT2D eigenvalue weighted by atomic mass is 9.94. The van der Waals surface area contributed by atoms with E-state index in [2.05, 4.69) is 5.32 Å². The molecule has 3 rings (SSSR count). The predicted octanol–water partition coefficient (Wildman–Crippen LogP) is 2.17. The minimum absolute atomic E-state index is 0.114. The molecule has 0 spiro atoms. The highest BCUT2D eigenvalue weighted by Gasteiger charge is 2.40. The van der Waals surface area contributed by atoms with Crippen molar-refractivity contribution in [3.8, 4) is 0 Å². The van der Waals surface area contributed by atoms with E-state index < -0.39 is 12.1 Å². The van der Waals surface area contributed by atoms with Crippen LogP contribution in [0.5, 0.6) is 0 Å². The maximum atomic E-state index is 13.2. The van der Waals surface area contributed by atoms with Crippen LogP contribution < -0.4 is 5.32 Å². The smallest absolute Gasteiger partial charge is 0.251 e. The van der Waals surface area contributed by atoms with Crippen molar-refractivity contribution in [3.05, 3.63) is 35.6 Å². The number of amides is 2. The highest BCUT2D eigenvalue weighted by Crippen LogP contribution is 2.30. The molecule has 1 aromatic carbocycles. The Balaban J connectivity index is 1.79. The Kier molecular flexibility index (Phi) is 5.14. The zero-order chi connectivity index (χ0) is 17.1. The van der Waals surface area contributed by atoms with E-state index in [-0.39, 0.29) is 30.3 Å². The molecule has 5 nitrogen and oxygen atoms in total. The molecule has 1 N–H and O–H groups in total. The minimum atomic E-state index is -0.778. The topological polar surface area (TPSA) is 58.6 Å². The number of hydrogen-bond acceptors (Lipinski definition) is 3. The molecular weight excluding hydrogens is 311 g/mol. The van der Waals surface area contributed by atoms with Gasteiger partial charge in [-0.3, -0.25) is 9.59 Å². The zero-order valence-electron chi connectivity index (χ0n) is 13.8. The fourth-order valence-electron chi connectivity index (χ4n) is 3.52. The number of benzene rings is 1. The molecule has 0 bridgehead atoms. The van der Waals surface area contributed by atoms with Crippen LogP contribution in [0, 0.1) is 5.82 Å². The first-order valence-electron chi connectivity index (χ1n) is 8.49. The van der Waals surface area contributed by atoms with Gasteiger partial charge in [-0.05, 0) is 30.5 Å². The SMILES string of the molecule is CN1C(=O)CO[C@H](C(=O)NC2CCCCC2)[C@H]1c1ccc(F)cc1. The van der Waals surface area contributed by atoms with Gasteiger partial charge >= 0.3 is 0 Å². The third-order valence-corrected chi connectivity index (χ3v) is 4.91. The van der Waals surface area contributed by atoms with Gasteiger partial charge in [0.1, 0.15) is 12.4 Å². The lowest BCUT2D eigenvalue weighted by Crippen LogP contribution is -2.54. The molecule has 6 heteroatoms. The number of nitrogens with one attached hydrogen (secondary N) is 1. The number of nitrogens with zero attached hydrogens (tertiary/aromatic N) is 1. The second-order valence-electron chi connectivity index (χ2n) is 6.58. The van der Waals surface area contributed by atoms with Crippen molar-refractivity contribution < 1.29 is 18.7 Å². The van der Waals surface area contributed by atoms with Crippen molar-refractivity contribution in [2.45, 2.75) is 50.3 Å². The largest absolute Gasteiger partial charge is 0.356 e. The van der Waals surface area contributed by atoms with Gasteiger partial charge in [0.15, 0.2) is 6.10 Å². The van der Waals surface area contributed by atoms with Crippen LogP contribution in [-0.4, -0.2) is 42.5 Å². The van der Waals surface area contributed by atoms with Gasteiger partial charge in [-0.2, -0.15) is 0 Å². The van der Waals surface area contributed by atoms with Crippen LogP contribution in [0.1, 0.15) is 43.7 Å². The first-order chi connectivity index (χ1) is 11.6. The van der Waals surface area contributed by atoms with Crippen LogP contribution in [0.25, 0.3) is 0 Å². The standard InChI is InChI=1S/C18H23FN2O3/c1-21-15(22)11-24-17(16(21)12-7-9-13(19)10-8-12)18(23)20-14-5-3-2-4-6-14/h7-10,14,16-17H,2-6,11H2,1H3,(H,20,23)/t16-,17+/m1/s1. The molecule has 0 unspecified atom stereocenters. The number of ether oxygens (including phenoxy) is 1. The molecule has 130 valence electrons. The number of rotatable bonds is 3. The Morgan fingerprint density at radius 2 is 1.88 bits per heavy atom. The normalized spacial score (nSPS) is 25.6. The molecule has 1 saturated heterocycles. The molecule has 1 aliphatic heterocycles. The molecule has 1 heterocycles. The monoisotopic (exact) mass is 334 g/mol. The quantitative estimate of drug-likeness (QED) is 0.922. The second-order valence-corrected chi connectivity index (χ2v) is 6.58. The van der Waals surface area contributed by atoms with Crippen LogP contribution in [0.3, 0.4) is 0 Å². The molecule has 1 aromatic rings. The van der Waals surface area contributed by atoms with Gasteiger partial charge in [-0.25, -0.2) is 4.39 Å². The number of hydrogen-bond donors (Lipinski definition) is 1. The van der Waals surface area contributed by atoms with Crippen molar-refractivity contribution in [1.29, 1.82) is 0 Å². The molecule has 2 atom stereocenters. The van der Waals surface area contributed by atoms with E-state index in [9.17, 15) is 14.0 Å². The van der Waals surface area contributed by atoms with E-state index in [4.69, 9.17) is 4.74 Å². The van der Waals surface area contributed by atoms with Crippen LogP contribution in [-0.2, 0) is 14.3 Å². The fourth-order valence-corrected chi connectivity index (χ4v) is 3.52. The Hall–Kier alpha value is -1.95. The highest BCUT2D eigenvalue weighted by molar-refractivity contribution is 5.86. The zero-order valence-corrected chi connectivity index (χ0v) is 13.8. The van der Waals surface area contributed by atoms with Crippen molar-refractivity contribution >= 4 is 11.8 Å². The van der Waals surface area contributed by atoms with E-state index >= 15 is 0 Å². The maximum absolute atomic E-state index is 13.2. The predicted molar refractivity (Wildman–Crippen MR) is 86.7 cm³/mol. The number of carbonyl (C=O) groups excluding carboxylic acids is 2. The summed E-state index contributed by atoms with van der Waals surface area (Å²) in [5, 5.41) is 3.06. The van der Waals surface area contributed by atoms with Crippen LogP contribution >= 0.6 is 0 Å². The first kappa shape index (κ1) is 16.9. The average Bonchev–Trinajstić information content (AvgIpc) is 2.59. The van der Waals surface area contributed by atoms with Crippen molar-refractivity contribution in [1.82, 2.24) is 10.2 Å². The summed E-state index contributed by atoms with van der Waals surface area (Å²) in [5.41, 5.74) is 0.691. The van der Waals surface area contributed by atoms with Gasteiger partial charge in [0.05, 0.1) is 6.04 Å². The maximum Gasteiger partial charge on any atom is 0.251 e. The molecule has 2 amide bonds. The average molecular weight is 334 g/mol. The molecular formula is C18H23FN2O3. The summed E-state index contributed by atoms with van der Waals surface area (Å²) in [6.45, 7) is -0.114. The summed E-state index contributed by atoms with van der Waals surface area (Å²) in [6, 6.07) is 5.48. The molecule has 1 aliphatic carbocycles. The Morgan fingerprint density at radius 3 is 2.54 bits per heavy atom. The van der Waals surface area contributed by atoms with Gasteiger partial charge in [0.2, 0.25) is 5.91 Å². The molecule has 2 aliphatic rings. The van der Waals surface area contributed by atoms with Crippen molar-refractivity contribution in [2.75, 3.05) is 13.7 Å². The van der Waals surface area contributed by atoms with Crippen LogP contribution in [0.15, 0.2) is 24.3 Å². The van der Waals surface area contributed by atoms with Gasteiger partial charge in [0, 0.05) is 13.1 Å². The summed E-state index contributed by atoms with van der Waals surface area (Å²) < 4.78 is 18.8. The number of morpholine rings is 1. The molecule has 2 fully saturated rings. The van der Waals surface area contributed by atoms with E-state index in [1.807, 2.05) is 0 Å². The third kappa shape index (κ3) is 3.59.